The molecule has 2 radical (unpaired) electrons. The van der Waals surface area contributed by atoms with Gasteiger partial charge in [0.05, 0.1) is 16.6 Å². The molecule has 0 unspecified atom stereocenters. The fourth-order valence-corrected chi connectivity index (χ4v) is 3.72. The number of aromatic nitrogens is 1. The molecule has 1 nitrogen and oxygen atoms in total. The van der Waals surface area contributed by atoms with Gasteiger partial charge >= 0.3 is 0 Å². The normalized spacial score (nSPS) is 13.0. The van der Waals surface area contributed by atoms with Crippen molar-refractivity contribution in [2.24, 2.45) is 0 Å². The molecule has 106 valence electrons. The van der Waals surface area contributed by atoms with Crippen molar-refractivity contribution in [2.45, 2.75) is 20.3 Å². The van der Waals surface area contributed by atoms with Crippen molar-refractivity contribution in [2.75, 3.05) is 0 Å². The Labute approximate surface area is 135 Å². The molecule has 0 aliphatic heterocycles. The highest BCUT2D eigenvalue weighted by molar-refractivity contribution is 6.39. The number of rotatable bonds is 1. The second-order valence-electron chi connectivity index (χ2n) is 5.74. The van der Waals surface area contributed by atoms with Crippen LogP contribution in [0, 0.1) is 6.92 Å². The minimum atomic E-state index is 0.772. The van der Waals surface area contributed by atoms with E-state index in [0.29, 0.717) is 0 Å². The number of halogens is 1. The minimum Gasteiger partial charge on any atom is -0.308 e. The van der Waals surface area contributed by atoms with Crippen molar-refractivity contribution in [3.05, 3.63) is 52.2 Å². The van der Waals surface area contributed by atoms with Crippen LogP contribution in [0.2, 0.25) is 5.02 Å². The molecule has 0 N–H and O–H groups in total. The van der Waals surface area contributed by atoms with E-state index >= 15 is 0 Å². The van der Waals surface area contributed by atoms with Crippen molar-refractivity contribution in [1.82, 2.24) is 4.40 Å². The first-order chi connectivity index (χ1) is 10.6. The van der Waals surface area contributed by atoms with Crippen LogP contribution < -0.4 is 10.7 Å². The summed E-state index contributed by atoms with van der Waals surface area (Å²) in [6.45, 7) is 4.32. The predicted molar refractivity (Wildman–Crippen MR) is 97.5 cm³/mol. The lowest BCUT2D eigenvalue weighted by molar-refractivity contribution is 1.29. The van der Waals surface area contributed by atoms with E-state index in [1.165, 1.54) is 27.2 Å². The summed E-state index contributed by atoms with van der Waals surface area (Å²) in [4.78, 5) is 0. The van der Waals surface area contributed by atoms with E-state index in [-0.39, 0.29) is 0 Å². The second kappa shape index (κ2) is 4.79. The van der Waals surface area contributed by atoms with Gasteiger partial charge in [0, 0.05) is 21.0 Å². The first kappa shape index (κ1) is 13.7. The third kappa shape index (κ3) is 1.68. The SMILES string of the molecule is [B]c1cccc2c1c(=CCC)c1c(C)c3cc(Cl)ccc3n12. The van der Waals surface area contributed by atoms with E-state index in [1.807, 2.05) is 24.3 Å². The molecule has 0 aliphatic carbocycles. The summed E-state index contributed by atoms with van der Waals surface area (Å²) in [5.41, 5.74) is 5.68. The van der Waals surface area contributed by atoms with Crippen LogP contribution in [0.25, 0.3) is 33.4 Å². The van der Waals surface area contributed by atoms with Gasteiger partial charge in [-0.1, -0.05) is 42.2 Å². The van der Waals surface area contributed by atoms with Gasteiger partial charge in [-0.15, -0.1) is 0 Å². The third-order valence-corrected chi connectivity index (χ3v) is 4.67. The second-order valence-corrected chi connectivity index (χ2v) is 6.17. The highest BCUT2D eigenvalue weighted by Gasteiger charge is 2.16. The maximum Gasteiger partial charge on any atom is 0.114 e. The molecule has 4 aromatic rings. The molecule has 0 spiro atoms. The molecule has 2 aromatic carbocycles. The zero-order valence-corrected chi connectivity index (χ0v) is 13.4. The lowest BCUT2D eigenvalue weighted by Gasteiger charge is -2.00. The van der Waals surface area contributed by atoms with Crippen LogP contribution in [0.3, 0.4) is 0 Å². The van der Waals surface area contributed by atoms with Gasteiger partial charge in [-0.05, 0) is 43.2 Å². The van der Waals surface area contributed by atoms with E-state index in [2.05, 4.69) is 36.5 Å². The molecular formula is C19H15BClN. The molecule has 0 saturated carbocycles. The molecule has 0 saturated heterocycles. The molecule has 0 aliphatic rings. The Morgan fingerprint density at radius 3 is 2.77 bits per heavy atom. The highest BCUT2D eigenvalue weighted by Crippen LogP contribution is 2.30. The zero-order valence-electron chi connectivity index (χ0n) is 12.7. The monoisotopic (exact) mass is 303 g/mol. The van der Waals surface area contributed by atoms with E-state index in [4.69, 9.17) is 19.4 Å². The zero-order chi connectivity index (χ0) is 15.4. The summed E-state index contributed by atoms with van der Waals surface area (Å²) in [5, 5.41) is 4.37. The smallest absolute Gasteiger partial charge is 0.114 e. The largest absolute Gasteiger partial charge is 0.308 e. The van der Waals surface area contributed by atoms with E-state index in [9.17, 15) is 0 Å². The van der Waals surface area contributed by atoms with Crippen LogP contribution in [0.1, 0.15) is 18.9 Å². The maximum atomic E-state index is 6.27. The predicted octanol–water partition coefficient (Wildman–Crippen LogP) is 3.91. The van der Waals surface area contributed by atoms with Gasteiger partial charge in [-0.3, -0.25) is 0 Å². The number of aryl methyl sites for hydroxylation is 1. The fraction of sp³-hybridized carbons (Fsp3) is 0.158. The first-order valence-corrected chi connectivity index (χ1v) is 7.91. The number of hydrogen-bond acceptors (Lipinski definition) is 0. The third-order valence-electron chi connectivity index (χ3n) is 4.43. The van der Waals surface area contributed by atoms with Gasteiger partial charge in [0.1, 0.15) is 7.85 Å². The summed E-state index contributed by atoms with van der Waals surface area (Å²) in [5.74, 6) is 0. The van der Waals surface area contributed by atoms with Crippen molar-refractivity contribution in [3.63, 3.8) is 0 Å². The topological polar surface area (TPSA) is 4.41 Å². The summed E-state index contributed by atoms with van der Waals surface area (Å²) in [6.07, 6.45) is 3.24. The van der Waals surface area contributed by atoms with Crippen LogP contribution >= 0.6 is 11.6 Å². The lowest BCUT2D eigenvalue weighted by Crippen LogP contribution is -2.11. The Morgan fingerprint density at radius 1 is 1.18 bits per heavy atom. The number of fused-ring (bicyclic) bond motifs is 5. The van der Waals surface area contributed by atoms with Crippen LogP contribution in [0.5, 0.6) is 0 Å². The van der Waals surface area contributed by atoms with E-state index in [0.717, 1.165) is 27.8 Å². The van der Waals surface area contributed by atoms with Crippen LogP contribution in [0.4, 0.5) is 0 Å². The Kier molecular flexibility index (Phi) is 2.99. The van der Waals surface area contributed by atoms with Crippen molar-refractivity contribution in [3.8, 4) is 0 Å². The van der Waals surface area contributed by atoms with E-state index < -0.39 is 0 Å². The number of nitrogens with zero attached hydrogens (tertiary/aromatic N) is 1. The number of benzene rings is 2. The van der Waals surface area contributed by atoms with Crippen molar-refractivity contribution in [1.29, 1.82) is 0 Å². The van der Waals surface area contributed by atoms with Gasteiger partial charge in [0.25, 0.3) is 0 Å². The average Bonchev–Trinajstić information content (AvgIpc) is 2.96. The van der Waals surface area contributed by atoms with Crippen LogP contribution in [-0.4, -0.2) is 12.2 Å². The Hall–Kier alpha value is -1.93. The van der Waals surface area contributed by atoms with Gasteiger partial charge in [0.2, 0.25) is 0 Å². The van der Waals surface area contributed by atoms with Gasteiger partial charge < -0.3 is 4.40 Å². The van der Waals surface area contributed by atoms with Gasteiger partial charge in [-0.2, -0.15) is 0 Å². The lowest BCUT2D eigenvalue weighted by atomic mass is 9.91. The summed E-state index contributed by atoms with van der Waals surface area (Å²) < 4.78 is 2.31. The summed E-state index contributed by atoms with van der Waals surface area (Å²) >= 11 is 6.19. The summed E-state index contributed by atoms with van der Waals surface area (Å²) in [7, 11) is 6.27. The quantitative estimate of drug-likeness (QED) is 0.470. The molecule has 4 rings (SSSR count). The maximum absolute atomic E-state index is 6.27. The van der Waals surface area contributed by atoms with Crippen LogP contribution in [0.15, 0.2) is 36.4 Å². The molecule has 0 amide bonds. The van der Waals surface area contributed by atoms with Gasteiger partial charge in [0.15, 0.2) is 0 Å². The molecule has 22 heavy (non-hydrogen) atoms. The van der Waals surface area contributed by atoms with Crippen LogP contribution in [-0.2, 0) is 0 Å². The molecular weight excluding hydrogens is 288 g/mol. The molecule has 2 heterocycles. The highest BCUT2D eigenvalue weighted by atomic mass is 35.5. The molecule has 0 bridgehead atoms. The Bertz CT molecular complexity index is 1090. The first-order valence-electron chi connectivity index (χ1n) is 7.53. The number of hydrogen-bond donors (Lipinski definition) is 0. The molecule has 2 aromatic heterocycles. The van der Waals surface area contributed by atoms with Crippen molar-refractivity contribution < 1.29 is 0 Å². The fourth-order valence-electron chi connectivity index (χ4n) is 3.55. The van der Waals surface area contributed by atoms with Gasteiger partial charge in [-0.25, -0.2) is 0 Å². The molecule has 3 heteroatoms. The van der Waals surface area contributed by atoms with Crippen molar-refractivity contribution >= 4 is 58.3 Å². The van der Waals surface area contributed by atoms with E-state index in [1.54, 1.807) is 0 Å². The summed E-state index contributed by atoms with van der Waals surface area (Å²) in [6, 6.07) is 12.2. The standard InChI is InChI=1S/C19H15BClN/c1-3-5-13-18-15(20)6-4-7-17(18)22-16-9-8-12(21)10-14(16)11(2)19(13)22/h4-10H,3H2,1-2H3. The average molecular weight is 304 g/mol. The molecule has 0 atom stereocenters. The minimum absolute atomic E-state index is 0.772. The Balaban J connectivity index is 2.41. The molecule has 0 fully saturated rings. The Morgan fingerprint density at radius 2 is 2.00 bits per heavy atom.